The van der Waals surface area contributed by atoms with Gasteiger partial charge in [0.25, 0.3) is 0 Å². The predicted molar refractivity (Wildman–Crippen MR) is 70.2 cm³/mol. The number of aromatic nitrogens is 1. The van der Waals surface area contributed by atoms with Gasteiger partial charge in [-0.15, -0.1) is 0 Å². The number of pyridine rings is 1. The van der Waals surface area contributed by atoms with Crippen molar-refractivity contribution in [2.24, 2.45) is 0 Å². The molecule has 0 amide bonds. The Hall–Kier alpha value is -1.24. The molecule has 2 aromatic rings. The van der Waals surface area contributed by atoms with Crippen LogP contribution in [0.5, 0.6) is 0 Å². The molecule has 0 fully saturated rings. The monoisotopic (exact) mass is 215 g/mol. The quantitative estimate of drug-likeness (QED) is 0.665. The lowest BCUT2D eigenvalue weighted by atomic mass is 9.83. The highest BCUT2D eigenvalue weighted by Gasteiger charge is 2.23. The Morgan fingerprint density at radius 2 is 1.81 bits per heavy atom. The molecule has 0 saturated heterocycles. The Morgan fingerprint density at radius 3 is 2.38 bits per heavy atom. The molecule has 0 radical (unpaired) electrons. The summed E-state index contributed by atoms with van der Waals surface area (Å²) in [5.41, 5.74) is 4.52. The van der Waals surface area contributed by atoms with Crippen molar-refractivity contribution in [3.8, 4) is 0 Å². The largest absolute Gasteiger partial charge is 0.323 e. The van der Waals surface area contributed by atoms with Crippen molar-refractivity contribution in [3.63, 3.8) is 0 Å². The van der Waals surface area contributed by atoms with Crippen LogP contribution in [0.2, 0.25) is 0 Å². The topological polar surface area (TPSA) is 4.41 Å². The lowest BCUT2D eigenvalue weighted by molar-refractivity contribution is 0.579. The highest BCUT2D eigenvalue weighted by molar-refractivity contribution is 5.62. The van der Waals surface area contributed by atoms with Gasteiger partial charge in [-0.3, -0.25) is 0 Å². The molecule has 0 aliphatic heterocycles. The summed E-state index contributed by atoms with van der Waals surface area (Å²) < 4.78 is 2.25. The first-order valence-corrected chi connectivity index (χ1v) is 6.01. The molecule has 2 heterocycles. The molecule has 0 unspecified atom stereocenters. The van der Waals surface area contributed by atoms with Crippen molar-refractivity contribution >= 4 is 5.52 Å². The van der Waals surface area contributed by atoms with Crippen LogP contribution < -0.4 is 0 Å². The van der Waals surface area contributed by atoms with Gasteiger partial charge < -0.3 is 4.40 Å². The standard InChI is InChI=1S/C15H21N/c1-11(2)14-12(15(3,4)5)10-16-9-7-6-8-13(14)16/h6-11H,1-5H3. The van der Waals surface area contributed by atoms with E-state index in [9.17, 15) is 0 Å². The van der Waals surface area contributed by atoms with Crippen molar-refractivity contribution in [2.45, 2.75) is 46.0 Å². The van der Waals surface area contributed by atoms with Crippen molar-refractivity contribution in [1.29, 1.82) is 0 Å². The first-order valence-electron chi connectivity index (χ1n) is 6.01. The normalized spacial score (nSPS) is 12.6. The summed E-state index contributed by atoms with van der Waals surface area (Å²) in [7, 11) is 0. The third-order valence-electron chi connectivity index (χ3n) is 3.11. The van der Waals surface area contributed by atoms with E-state index in [-0.39, 0.29) is 5.41 Å². The average Bonchev–Trinajstić information content (AvgIpc) is 2.55. The first-order chi connectivity index (χ1) is 7.41. The van der Waals surface area contributed by atoms with Gasteiger partial charge in [0.15, 0.2) is 0 Å². The molecule has 0 N–H and O–H groups in total. The van der Waals surface area contributed by atoms with Crippen LogP contribution in [0.15, 0.2) is 30.6 Å². The zero-order valence-corrected chi connectivity index (χ0v) is 10.9. The van der Waals surface area contributed by atoms with Crippen molar-refractivity contribution in [2.75, 3.05) is 0 Å². The number of fused-ring (bicyclic) bond motifs is 1. The van der Waals surface area contributed by atoms with Gasteiger partial charge in [0.1, 0.15) is 0 Å². The van der Waals surface area contributed by atoms with E-state index < -0.39 is 0 Å². The fourth-order valence-electron chi connectivity index (χ4n) is 2.35. The van der Waals surface area contributed by atoms with Crippen LogP contribution in [0.3, 0.4) is 0 Å². The second kappa shape index (κ2) is 3.65. The van der Waals surface area contributed by atoms with E-state index in [0.29, 0.717) is 5.92 Å². The van der Waals surface area contributed by atoms with Crippen molar-refractivity contribution in [1.82, 2.24) is 4.40 Å². The van der Waals surface area contributed by atoms with E-state index in [4.69, 9.17) is 0 Å². The van der Waals surface area contributed by atoms with Gasteiger partial charge in [-0.1, -0.05) is 40.7 Å². The Morgan fingerprint density at radius 1 is 1.12 bits per heavy atom. The molecule has 0 saturated carbocycles. The first kappa shape index (κ1) is 11.3. The Bertz CT molecular complexity index is 498. The molecule has 16 heavy (non-hydrogen) atoms. The summed E-state index contributed by atoms with van der Waals surface area (Å²) in [4.78, 5) is 0. The van der Waals surface area contributed by atoms with Gasteiger partial charge in [-0.05, 0) is 34.6 Å². The lowest BCUT2D eigenvalue weighted by Crippen LogP contribution is -2.12. The number of nitrogens with zero attached hydrogens (tertiary/aromatic N) is 1. The summed E-state index contributed by atoms with van der Waals surface area (Å²) in [5, 5.41) is 0. The molecule has 0 atom stereocenters. The highest BCUT2D eigenvalue weighted by Crippen LogP contribution is 2.34. The Labute approximate surface area is 98.1 Å². The molecular weight excluding hydrogens is 194 g/mol. The van der Waals surface area contributed by atoms with E-state index in [1.165, 1.54) is 16.6 Å². The Kier molecular flexibility index (Phi) is 2.57. The van der Waals surface area contributed by atoms with E-state index in [0.717, 1.165) is 0 Å². The zero-order valence-electron chi connectivity index (χ0n) is 10.9. The van der Waals surface area contributed by atoms with Crippen LogP contribution in [0.4, 0.5) is 0 Å². The number of rotatable bonds is 1. The van der Waals surface area contributed by atoms with Crippen LogP contribution in [0, 0.1) is 0 Å². The minimum absolute atomic E-state index is 0.214. The summed E-state index contributed by atoms with van der Waals surface area (Å²) in [6, 6.07) is 6.42. The predicted octanol–water partition coefficient (Wildman–Crippen LogP) is 4.36. The molecule has 0 aliphatic rings. The molecule has 0 aliphatic carbocycles. The number of hydrogen-bond donors (Lipinski definition) is 0. The molecule has 2 aromatic heterocycles. The summed E-state index contributed by atoms with van der Waals surface area (Å²) >= 11 is 0. The van der Waals surface area contributed by atoms with Gasteiger partial charge in [-0.2, -0.15) is 0 Å². The number of hydrogen-bond acceptors (Lipinski definition) is 0. The third kappa shape index (κ3) is 1.75. The smallest absolute Gasteiger partial charge is 0.0487 e. The molecule has 2 rings (SSSR count). The summed E-state index contributed by atoms with van der Waals surface area (Å²) in [6.45, 7) is 11.4. The maximum absolute atomic E-state index is 2.29. The molecule has 1 heteroatoms. The summed E-state index contributed by atoms with van der Waals surface area (Å²) in [5.74, 6) is 0.571. The SMILES string of the molecule is CC(C)c1c(C(C)(C)C)cn2ccccc12. The van der Waals surface area contributed by atoms with E-state index in [1.54, 1.807) is 0 Å². The average molecular weight is 215 g/mol. The molecular formula is C15H21N. The molecule has 1 nitrogen and oxygen atoms in total. The van der Waals surface area contributed by atoms with Crippen LogP contribution in [-0.2, 0) is 5.41 Å². The molecule has 0 bridgehead atoms. The highest BCUT2D eigenvalue weighted by atomic mass is 14.9. The third-order valence-corrected chi connectivity index (χ3v) is 3.11. The van der Waals surface area contributed by atoms with Gasteiger partial charge in [0, 0.05) is 17.9 Å². The molecule has 0 aromatic carbocycles. The van der Waals surface area contributed by atoms with Crippen LogP contribution >= 0.6 is 0 Å². The lowest BCUT2D eigenvalue weighted by Gasteiger charge is -2.21. The maximum Gasteiger partial charge on any atom is 0.0487 e. The van der Waals surface area contributed by atoms with E-state index >= 15 is 0 Å². The fourth-order valence-corrected chi connectivity index (χ4v) is 2.35. The minimum Gasteiger partial charge on any atom is -0.323 e. The van der Waals surface area contributed by atoms with Gasteiger partial charge in [0.2, 0.25) is 0 Å². The minimum atomic E-state index is 0.214. The van der Waals surface area contributed by atoms with Crippen LogP contribution in [0.25, 0.3) is 5.52 Å². The van der Waals surface area contributed by atoms with Crippen molar-refractivity contribution < 1.29 is 0 Å². The van der Waals surface area contributed by atoms with Gasteiger partial charge in [0.05, 0.1) is 0 Å². The second-order valence-corrected chi connectivity index (χ2v) is 5.85. The Balaban J connectivity index is 2.78. The second-order valence-electron chi connectivity index (χ2n) is 5.85. The van der Waals surface area contributed by atoms with Gasteiger partial charge in [-0.25, -0.2) is 0 Å². The van der Waals surface area contributed by atoms with Crippen molar-refractivity contribution in [3.05, 3.63) is 41.7 Å². The maximum atomic E-state index is 2.29. The zero-order chi connectivity index (χ0) is 11.9. The fraction of sp³-hybridized carbons (Fsp3) is 0.467. The van der Waals surface area contributed by atoms with Crippen LogP contribution in [0.1, 0.15) is 51.7 Å². The van der Waals surface area contributed by atoms with Gasteiger partial charge >= 0.3 is 0 Å². The van der Waals surface area contributed by atoms with E-state index in [2.05, 4.69) is 69.6 Å². The summed E-state index contributed by atoms with van der Waals surface area (Å²) in [6.07, 6.45) is 4.42. The molecule has 86 valence electrons. The van der Waals surface area contributed by atoms with E-state index in [1.807, 2.05) is 0 Å². The molecule has 0 spiro atoms. The van der Waals surface area contributed by atoms with Crippen LogP contribution in [-0.4, -0.2) is 4.40 Å².